The summed E-state index contributed by atoms with van der Waals surface area (Å²) in [5.41, 5.74) is 1.18. The van der Waals surface area contributed by atoms with Crippen molar-refractivity contribution in [2.24, 2.45) is 4.99 Å². The third kappa shape index (κ3) is 6.88. The molecule has 0 bridgehead atoms. The van der Waals surface area contributed by atoms with Crippen LogP contribution >= 0.6 is 11.3 Å². The summed E-state index contributed by atoms with van der Waals surface area (Å²) in [4.78, 5) is 8.91. The highest BCUT2D eigenvalue weighted by Gasteiger charge is 2.24. The van der Waals surface area contributed by atoms with E-state index in [-0.39, 0.29) is 4.90 Å². The van der Waals surface area contributed by atoms with E-state index < -0.39 is 15.6 Å². The smallest absolute Gasteiger partial charge is 0.241 e. The van der Waals surface area contributed by atoms with Crippen LogP contribution in [0, 0.1) is 6.92 Å². The van der Waals surface area contributed by atoms with Crippen LogP contribution in [-0.4, -0.2) is 38.5 Å². The first-order valence-electron chi connectivity index (χ1n) is 9.08. The Kier molecular flexibility index (Phi) is 7.56. The van der Waals surface area contributed by atoms with Gasteiger partial charge in [0.15, 0.2) is 5.96 Å². The van der Waals surface area contributed by atoms with Gasteiger partial charge in [-0.3, -0.25) is 4.99 Å². The van der Waals surface area contributed by atoms with Crippen molar-refractivity contribution in [3.8, 4) is 0 Å². The quantitative estimate of drug-likeness (QED) is 0.470. The summed E-state index contributed by atoms with van der Waals surface area (Å²) in [5.74, 6) is 0.614. The molecule has 154 valence electrons. The van der Waals surface area contributed by atoms with Gasteiger partial charge in [0.2, 0.25) is 10.0 Å². The molecule has 0 saturated heterocycles. The van der Waals surface area contributed by atoms with Gasteiger partial charge in [-0.25, -0.2) is 18.1 Å². The van der Waals surface area contributed by atoms with Crippen LogP contribution in [0.25, 0.3) is 0 Å². The zero-order chi connectivity index (χ0) is 20.8. The molecule has 0 aliphatic carbocycles. The van der Waals surface area contributed by atoms with E-state index in [2.05, 4.69) is 30.7 Å². The molecule has 3 N–H and O–H groups in total. The van der Waals surface area contributed by atoms with Crippen LogP contribution in [0.5, 0.6) is 0 Å². The van der Waals surface area contributed by atoms with Crippen molar-refractivity contribution in [2.45, 2.75) is 51.1 Å². The molecule has 0 aliphatic rings. The van der Waals surface area contributed by atoms with Crippen molar-refractivity contribution in [3.05, 3.63) is 45.9 Å². The number of aliphatic imine (C=N–C) groups is 1. The Labute approximate surface area is 171 Å². The summed E-state index contributed by atoms with van der Waals surface area (Å²) in [7, 11) is -1.92. The predicted molar refractivity (Wildman–Crippen MR) is 115 cm³/mol. The van der Waals surface area contributed by atoms with Gasteiger partial charge >= 0.3 is 0 Å². The van der Waals surface area contributed by atoms with Crippen LogP contribution in [-0.2, 0) is 23.0 Å². The second-order valence-electron chi connectivity index (χ2n) is 7.42. The Bertz CT molecular complexity index is 914. The molecule has 1 heterocycles. The van der Waals surface area contributed by atoms with Crippen molar-refractivity contribution < 1.29 is 8.42 Å². The Morgan fingerprint density at radius 2 is 1.93 bits per heavy atom. The maximum atomic E-state index is 12.7. The Balaban J connectivity index is 1.99. The monoisotopic (exact) mass is 423 g/mol. The summed E-state index contributed by atoms with van der Waals surface area (Å²) in [5, 5.41) is 9.52. The van der Waals surface area contributed by atoms with Crippen LogP contribution in [0.15, 0.2) is 39.5 Å². The molecule has 9 heteroatoms. The highest BCUT2D eigenvalue weighted by molar-refractivity contribution is 7.89. The molecule has 0 radical (unpaired) electrons. The molecule has 0 amide bonds. The highest BCUT2D eigenvalue weighted by atomic mass is 32.2. The maximum absolute atomic E-state index is 12.7. The van der Waals surface area contributed by atoms with E-state index in [0.29, 0.717) is 24.6 Å². The third-order valence-electron chi connectivity index (χ3n) is 3.71. The second-order valence-corrected chi connectivity index (χ2v) is 10.1. The van der Waals surface area contributed by atoms with Gasteiger partial charge in [0.05, 0.1) is 15.6 Å². The number of aryl methyl sites for hydroxylation is 1. The molecular formula is C19H29N5O2S2. The third-order valence-corrected chi connectivity index (χ3v) is 6.39. The number of rotatable bonds is 7. The number of hydrogen-bond acceptors (Lipinski definition) is 5. The molecule has 0 unspecified atom stereocenters. The van der Waals surface area contributed by atoms with Gasteiger partial charge in [0, 0.05) is 37.5 Å². The largest absolute Gasteiger partial charge is 0.356 e. The van der Waals surface area contributed by atoms with Crippen LogP contribution in [0.4, 0.5) is 0 Å². The number of nitrogens with zero attached hydrogens (tertiary/aromatic N) is 2. The molecule has 28 heavy (non-hydrogen) atoms. The average Bonchev–Trinajstić information content (AvgIpc) is 3.01. The van der Waals surface area contributed by atoms with Crippen LogP contribution in [0.2, 0.25) is 0 Å². The van der Waals surface area contributed by atoms with Gasteiger partial charge in [-0.2, -0.15) is 0 Å². The zero-order valence-corrected chi connectivity index (χ0v) is 18.7. The fourth-order valence-corrected chi connectivity index (χ4v) is 4.91. The summed E-state index contributed by atoms with van der Waals surface area (Å²) < 4.78 is 28.1. The van der Waals surface area contributed by atoms with E-state index >= 15 is 0 Å². The van der Waals surface area contributed by atoms with Crippen molar-refractivity contribution in [3.63, 3.8) is 0 Å². The van der Waals surface area contributed by atoms with Crippen molar-refractivity contribution >= 4 is 27.3 Å². The van der Waals surface area contributed by atoms with E-state index in [1.807, 2.05) is 33.8 Å². The minimum Gasteiger partial charge on any atom is -0.356 e. The van der Waals surface area contributed by atoms with Gasteiger partial charge in [-0.05, 0) is 39.3 Å². The molecule has 2 rings (SSSR count). The first kappa shape index (κ1) is 22.3. The van der Waals surface area contributed by atoms with E-state index in [1.54, 1.807) is 36.6 Å². The van der Waals surface area contributed by atoms with E-state index in [4.69, 9.17) is 0 Å². The Morgan fingerprint density at radius 3 is 2.54 bits per heavy atom. The van der Waals surface area contributed by atoms with Crippen LogP contribution < -0.4 is 15.4 Å². The number of aromatic nitrogens is 1. The molecule has 1 aromatic carbocycles. The van der Waals surface area contributed by atoms with Gasteiger partial charge < -0.3 is 10.6 Å². The van der Waals surface area contributed by atoms with E-state index in [9.17, 15) is 8.42 Å². The summed E-state index contributed by atoms with van der Waals surface area (Å²) in [6.45, 7) is 8.48. The van der Waals surface area contributed by atoms with Gasteiger partial charge in [-0.15, -0.1) is 11.3 Å². The average molecular weight is 424 g/mol. The summed E-state index contributed by atoms with van der Waals surface area (Å²) in [6.07, 6.45) is 0.797. The molecule has 2 aromatic rings. The molecule has 0 aliphatic heterocycles. The fraction of sp³-hybridized carbons (Fsp3) is 0.474. The lowest BCUT2D eigenvalue weighted by Crippen LogP contribution is -2.41. The van der Waals surface area contributed by atoms with Crippen molar-refractivity contribution in [1.29, 1.82) is 0 Å². The molecule has 7 nitrogen and oxygen atoms in total. The molecule has 0 atom stereocenters. The summed E-state index contributed by atoms with van der Waals surface area (Å²) in [6, 6.07) is 6.97. The standard InChI is InChI=1S/C19H29N5O2S2/c1-14-23-16(13-27-14)10-11-21-18(20-5)22-12-15-8-6-7-9-17(15)28(25,26)24-19(2,3)4/h6-9,13,24H,10-12H2,1-5H3,(H2,20,21,22). The number of hydrogen-bond donors (Lipinski definition) is 3. The topological polar surface area (TPSA) is 95.5 Å². The molecule has 0 fully saturated rings. The number of nitrogens with one attached hydrogen (secondary N) is 3. The van der Waals surface area contributed by atoms with Crippen molar-refractivity contribution in [2.75, 3.05) is 13.6 Å². The van der Waals surface area contributed by atoms with Crippen molar-refractivity contribution in [1.82, 2.24) is 20.3 Å². The van der Waals surface area contributed by atoms with Crippen LogP contribution in [0.3, 0.4) is 0 Å². The zero-order valence-electron chi connectivity index (χ0n) is 17.0. The SMILES string of the molecule is CN=C(NCCc1csc(C)n1)NCc1ccccc1S(=O)(=O)NC(C)(C)C. The maximum Gasteiger partial charge on any atom is 0.241 e. The number of guanidine groups is 1. The van der Waals surface area contributed by atoms with Crippen LogP contribution in [0.1, 0.15) is 37.0 Å². The second kappa shape index (κ2) is 9.49. The fourth-order valence-electron chi connectivity index (χ4n) is 2.60. The lowest BCUT2D eigenvalue weighted by Gasteiger charge is -2.22. The Morgan fingerprint density at radius 1 is 1.21 bits per heavy atom. The lowest BCUT2D eigenvalue weighted by molar-refractivity contribution is 0.491. The number of sulfonamides is 1. The minimum absolute atomic E-state index is 0.269. The molecule has 1 aromatic heterocycles. The molecule has 0 spiro atoms. The highest BCUT2D eigenvalue weighted by Crippen LogP contribution is 2.17. The molecule has 0 saturated carbocycles. The Hall–Kier alpha value is -1.97. The minimum atomic E-state index is -3.61. The number of benzene rings is 1. The predicted octanol–water partition coefficient (Wildman–Crippen LogP) is 2.44. The van der Waals surface area contributed by atoms with E-state index in [0.717, 1.165) is 17.1 Å². The van der Waals surface area contributed by atoms with E-state index in [1.165, 1.54) is 0 Å². The first-order chi connectivity index (χ1) is 13.1. The lowest BCUT2D eigenvalue weighted by atomic mass is 10.1. The van der Waals surface area contributed by atoms with Gasteiger partial charge in [-0.1, -0.05) is 18.2 Å². The van der Waals surface area contributed by atoms with Gasteiger partial charge in [0.1, 0.15) is 0 Å². The first-order valence-corrected chi connectivity index (χ1v) is 11.4. The summed E-state index contributed by atoms with van der Waals surface area (Å²) >= 11 is 1.64. The molecular weight excluding hydrogens is 394 g/mol. The van der Waals surface area contributed by atoms with Gasteiger partial charge in [0.25, 0.3) is 0 Å². The number of thiazole rings is 1. The normalized spacial score (nSPS) is 12.8.